The molecule has 0 N–H and O–H groups in total. The summed E-state index contributed by atoms with van der Waals surface area (Å²) in [6.45, 7) is 9.44. The van der Waals surface area contributed by atoms with E-state index in [0.717, 1.165) is 11.4 Å². The SMILES string of the molecule is CC1(C)c2ccccc2N(c2ccc3c(-c4ccc5ccccc5c4)c4cc(N5c6ccccc6C(C)(C)c6ccccc65)ccc4c(-c4ccc(-c5ccccc5)cc4)c3c2)c2ccccc21. The molecular formula is C66H50N2. The van der Waals surface area contributed by atoms with Crippen LogP contribution in [-0.2, 0) is 10.8 Å². The normalized spacial score (nSPS) is 14.4. The van der Waals surface area contributed by atoms with Gasteiger partial charge in [-0.3, -0.25) is 0 Å². The molecule has 2 heterocycles. The first-order valence-corrected chi connectivity index (χ1v) is 23.9. The van der Waals surface area contributed by atoms with Crippen molar-refractivity contribution in [2.75, 3.05) is 9.80 Å². The summed E-state index contributed by atoms with van der Waals surface area (Å²) in [5.74, 6) is 0. The molecule has 324 valence electrons. The van der Waals surface area contributed by atoms with Crippen LogP contribution in [0.15, 0.2) is 231 Å². The van der Waals surface area contributed by atoms with Crippen molar-refractivity contribution in [2.24, 2.45) is 0 Å². The smallest absolute Gasteiger partial charge is 0.0502 e. The number of hydrogen-bond donors (Lipinski definition) is 0. The molecule has 0 fully saturated rings. The highest BCUT2D eigenvalue weighted by molar-refractivity contribution is 6.23. The van der Waals surface area contributed by atoms with E-state index in [2.05, 4.69) is 268 Å². The van der Waals surface area contributed by atoms with Crippen molar-refractivity contribution < 1.29 is 0 Å². The summed E-state index contributed by atoms with van der Waals surface area (Å²) in [7, 11) is 0. The zero-order valence-electron chi connectivity index (χ0n) is 38.8. The highest BCUT2D eigenvalue weighted by Gasteiger charge is 2.38. The van der Waals surface area contributed by atoms with E-state index in [4.69, 9.17) is 0 Å². The predicted molar refractivity (Wildman–Crippen MR) is 289 cm³/mol. The van der Waals surface area contributed by atoms with Crippen molar-refractivity contribution in [3.05, 3.63) is 253 Å². The van der Waals surface area contributed by atoms with Gasteiger partial charge in [-0.05, 0) is 143 Å². The van der Waals surface area contributed by atoms with Gasteiger partial charge < -0.3 is 9.80 Å². The van der Waals surface area contributed by atoms with Crippen LogP contribution < -0.4 is 9.80 Å². The third kappa shape index (κ3) is 6.03. The lowest BCUT2D eigenvalue weighted by atomic mass is 9.73. The van der Waals surface area contributed by atoms with Crippen LogP contribution in [0.25, 0.3) is 65.7 Å². The van der Waals surface area contributed by atoms with Crippen molar-refractivity contribution in [1.29, 1.82) is 0 Å². The second-order valence-electron chi connectivity index (χ2n) is 19.7. The molecule has 13 rings (SSSR count). The molecule has 11 aromatic rings. The van der Waals surface area contributed by atoms with E-state index >= 15 is 0 Å². The lowest BCUT2D eigenvalue weighted by molar-refractivity contribution is 0.632. The molecule has 2 aliphatic heterocycles. The van der Waals surface area contributed by atoms with Crippen LogP contribution in [0.1, 0.15) is 49.9 Å². The molecule has 0 saturated heterocycles. The monoisotopic (exact) mass is 870 g/mol. The number of anilines is 6. The van der Waals surface area contributed by atoms with E-state index in [1.54, 1.807) is 0 Å². The lowest BCUT2D eigenvalue weighted by Crippen LogP contribution is -2.30. The Hall–Kier alpha value is -8.20. The Morgan fingerprint density at radius 2 is 0.632 bits per heavy atom. The van der Waals surface area contributed by atoms with E-state index in [1.165, 1.54) is 111 Å². The van der Waals surface area contributed by atoms with Gasteiger partial charge in [0.1, 0.15) is 0 Å². The van der Waals surface area contributed by atoms with Gasteiger partial charge in [-0.2, -0.15) is 0 Å². The van der Waals surface area contributed by atoms with Crippen molar-refractivity contribution in [3.8, 4) is 33.4 Å². The van der Waals surface area contributed by atoms with Crippen molar-refractivity contribution >= 4 is 66.4 Å². The summed E-state index contributed by atoms with van der Waals surface area (Å²) in [6.07, 6.45) is 0. The molecule has 0 radical (unpaired) electrons. The van der Waals surface area contributed by atoms with Gasteiger partial charge in [-0.1, -0.05) is 204 Å². The maximum Gasteiger partial charge on any atom is 0.0502 e. The largest absolute Gasteiger partial charge is 0.310 e. The van der Waals surface area contributed by atoms with E-state index < -0.39 is 0 Å². The number of fused-ring (bicyclic) bond motifs is 7. The Morgan fingerprint density at radius 3 is 1.12 bits per heavy atom. The number of nitrogens with zero attached hydrogens (tertiary/aromatic N) is 2. The van der Waals surface area contributed by atoms with Crippen molar-refractivity contribution in [1.82, 2.24) is 0 Å². The fourth-order valence-electron chi connectivity index (χ4n) is 11.8. The van der Waals surface area contributed by atoms with E-state index in [1.807, 2.05) is 0 Å². The zero-order chi connectivity index (χ0) is 45.7. The Balaban J connectivity index is 1.13. The Kier molecular flexibility index (Phi) is 8.95. The molecule has 2 heteroatoms. The van der Waals surface area contributed by atoms with Crippen LogP contribution in [-0.4, -0.2) is 0 Å². The van der Waals surface area contributed by atoms with Gasteiger partial charge in [-0.15, -0.1) is 0 Å². The van der Waals surface area contributed by atoms with Gasteiger partial charge in [0.05, 0.1) is 22.7 Å². The Morgan fingerprint density at radius 1 is 0.265 bits per heavy atom. The maximum absolute atomic E-state index is 2.49. The molecule has 0 atom stereocenters. The van der Waals surface area contributed by atoms with Crippen LogP contribution >= 0.6 is 0 Å². The minimum atomic E-state index is -0.158. The standard InChI is InChI=1S/C66H50N2/c1-65(2)55-22-10-14-26-59(55)67(60-27-15-11-23-56(60)65)49-37-39-52-53(41-49)63(46-33-30-45(31-34-46)43-18-6-5-7-19-43)51-38-36-50(42-54(51)64(52)48-35-32-44-20-8-9-21-47(44)40-48)68-61-28-16-12-24-57(61)66(3,4)58-25-13-17-29-62(58)68/h5-42H,1-4H3. The topological polar surface area (TPSA) is 6.48 Å². The lowest BCUT2D eigenvalue weighted by Gasteiger charge is -2.42. The maximum atomic E-state index is 2.49. The number of hydrogen-bond acceptors (Lipinski definition) is 2. The number of rotatable bonds is 5. The molecule has 68 heavy (non-hydrogen) atoms. The molecule has 11 aromatic carbocycles. The van der Waals surface area contributed by atoms with Gasteiger partial charge in [0, 0.05) is 22.2 Å². The first-order chi connectivity index (χ1) is 33.3. The van der Waals surface area contributed by atoms with Gasteiger partial charge in [-0.25, -0.2) is 0 Å². The Bertz CT molecular complexity index is 3700. The summed E-state index contributed by atoms with van der Waals surface area (Å²) in [4.78, 5) is 4.99. The predicted octanol–water partition coefficient (Wildman–Crippen LogP) is 18.4. The molecular weight excluding hydrogens is 821 g/mol. The van der Waals surface area contributed by atoms with Crippen molar-refractivity contribution in [2.45, 2.75) is 38.5 Å². The third-order valence-corrected chi connectivity index (χ3v) is 15.2. The van der Waals surface area contributed by atoms with Gasteiger partial charge in [0.15, 0.2) is 0 Å². The molecule has 0 unspecified atom stereocenters. The van der Waals surface area contributed by atoms with Crippen LogP contribution in [0.5, 0.6) is 0 Å². The second-order valence-corrected chi connectivity index (χ2v) is 19.7. The minimum absolute atomic E-state index is 0.158. The highest BCUT2D eigenvalue weighted by Crippen LogP contribution is 2.55. The molecule has 0 amide bonds. The average Bonchev–Trinajstić information content (AvgIpc) is 3.38. The molecule has 2 nitrogen and oxygen atoms in total. The Labute approximate surface area is 399 Å². The third-order valence-electron chi connectivity index (χ3n) is 15.2. The fraction of sp³-hybridized carbons (Fsp3) is 0.0909. The molecule has 0 spiro atoms. The average molecular weight is 871 g/mol. The number of benzene rings is 11. The highest BCUT2D eigenvalue weighted by atomic mass is 15.2. The summed E-state index contributed by atoms with van der Waals surface area (Å²) in [5, 5.41) is 7.33. The van der Waals surface area contributed by atoms with Gasteiger partial charge in [0.2, 0.25) is 0 Å². The van der Waals surface area contributed by atoms with E-state index in [9.17, 15) is 0 Å². The molecule has 0 bridgehead atoms. The van der Waals surface area contributed by atoms with Crippen LogP contribution in [0.3, 0.4) is 0 Å². The summed E-state index contributed by atoms with van der Waals surface area (Å²) >= 11 is 0. The van der Waals surface area contributed by atoms with Crippen molar-refractivity contribution in [3.63, 3.8) is 0 Å². The summed E-state index contributed by atoms with van der Waals surface area (Å²) < 4.78 is 0. The first-order valence-electron chi connectivity index (χ1n) is 23.9. The molecule has 0 saturated carbocycles. The van der Waals surface area contributed by atoms with Crippen LogP contribution in [0, 0.1) is 0 Å². The number of para-hydroxylation sites is 4. The fourth-order valence-corrected chi connectivity index (χ4v) is 11.8. The first kappa shape index (κ1) is 40.1. The van der Waals surface area contributed by atoms with Gasteiger partial charge >= 0.3 is 0 Å². The molecule has 2 aliphatic rings. The molecule has 0 aromatic heterocycles. The summed E-state index contributed by atoms with van der Waals surface area (Å²) in [6, 6.07) is 86.0. The van der Waals surface area contributed by atoms with E-state index in [0.29, 0.717) is 0 Å². The van der Waals surface area contributed by atoms with Crippen LogP contribution in [0.4, 0.5) is 34.1 Å². The second kappa shape index (κ2) is 15.2. The quantitative estimate of drug-likeness (QED) is 0.159. The van der Waals surface area contributed by atoms with Crippen LogP contribution in [0.2, 0.25) is 0 Å². The van der Waals surface area contributed by atoms with Gasteiger partial charge in [0.25, 0.3) is 0 Å². The van der Waals surface area contributed by atoms with E-state index in [-0.39, 0.29) is 10.8 Å². The summed E-state index contributed by atoms with van der Waals surface area (Å²) in [5.41, 5.74) is 19.4. The minimum Gasteiger partial charge on any atom is -0.310 e. The molecule has 0 aliphatic carbocycles. The zero-order valence-corrected chi connectivity index (χ0v) is 38.8.